The van der Waals surface area contributed by atoms with Crippen LogP contribution in [-0.2, 0) is 10.0 Å². The predicted molar refractivity (Wildman–Crippen MR) is 99.8 cm³/mol. The Kier molecular flexibility index (Phi) is 4.51. The van der Waals surface area contributed by atoms with Gasteiger partial charge in [0.25, 0.3) is 5.89 Å². The van der Waals surface area contributed by atoms with Crippen LogP contribution in [0.5, 0.6) is 0 Å². The summed E-state index contributed by atoms with van der Waals surface area (Å²) in [5.74, 6) is 0.490. The summed E-state index contributed by atoms with van der Waals surface area (Å²) in [6.07, 6.45) is 0. The van der Waals surface area contributed by atoms with E-state index in [4.69, 9.17) is 4.42 Å². The van der Waals surface area contributed by atoms with Gasteiger partial charge in [-0.2, -0.15) is 4.31 Å². The zero-order valence-electron chi connectivity index (χ0n) is 14.2. The molecule has 9 heteroatoms. The second-order valence-corrected chi connectivity index (χ2v) is 8.96. The number of sulfonamides is 1. The molecule has 4 rings (SSSR count). The zero-order valence-corrected chi connectivity index (χ0v) is 15.8. The van der Waals surface area contributed by atoms with Crippen molar-refractivity contribution in [3.05, 3.63) is 47.3 Å². The summed E-state index contributed by atoms with van der Waals surface area (Å²) in [6, 6.07) is 11.2. The van der Waals surface area contributed by atoms with Crippen LogP contribution in [0.15, 0.2) is 51.1 Å². The molecule has 1 aliphatic rings. The molecule has 1 aromatic carbocycles. The van der Waals surface area contributed by atoms with Crippen LogP contribution in [0.4, 0.5) is 6.01 Å². The minimum Gasteiger partial charge on any atom is -0.402 e. The highest BCUT2D eigenvalue weighted by molar-refractivity contribution is 7.89. The van der Waals surface area contributed by atoms with Gasteiger partial charge < -0.3 is 9.32 Å². The summed E-state index contributed by atoms with van der Waals surface area (Å²) in [4.78, 5) is 3.17. The molecular formula is C17H18N4O3S2. The van der Waals surface area contributed by atoms with Gasteiger partial charge in [0, 0.05) is 26.2 Å². The Labute approximate surface area is 155 Å². The van der Waals surface area contributed by atoms with E-state index in [9.17, 15) is 8.42 Å². The van der Waals surface area contributed by atoms with Crippen LogP contribution in [0.1, 0.15) is 5.56 Å². The number of piperazine rings is 1. The first-order valence-electron chi connectivity index (χ1n) is 8.23. The molecule has 0 amide bonds. The molecule has 3 heterocycles. The molecule has 7 nitrogen and oxygen atoms in total. The fraction of sp³-hybridized carbons (Fsp3) is 0.294. The maximum atomic E-state index is 12.8. The lowest BCUT2D eigenvalue weighted by Crippen LogP contribution is -2.48. The quantitative estimate of drug-likeness (QED) is 0.681. The Morgan fingerprint density at radius 2 is 1.77 bits per heavy atom. The summed E-state index contributed by atoms with van der Waals surface area (Å²) in [5, 5.41) is 10.1. The monoisotopic (exact) mass is 390 g/mol. The van der Waals surface area contributed by atoms with Crippen LogP contribution in [-0.4, -0.2) is 49.1 Å². The lowest BCUT2D eigenvalue weighted by atomic mass is 10.2. The first kappa shape index (κ1) is 17.2. The number of aromatic nitrogens is 2. The molecule has 2 aromatic heterocycles. The summed E-state index contributed by atoms with van der Waals surface area (Å²) >= 11 is 1.54. The number of hydrogen-bond acceptors (Lipinski definition) is 7. The number of nitrogens with zero attached hydrogens (tertiary/aromatic N) is 4. The van der Waals surface area contributed by atoms with E-state index in [1.807, 2.05) is 41.5 Å². The second-order valence-electron chi connectivity index (χ2n) is 6.07. The third-order valence-corrected chi connectivity index (χ3v) is 7.08. The van der Waals surface area contributed by atoms with Crippen LogP contribution >= 0.6 is 11.3 Å². The van der Waals surface area contributed by atoms with Crippen molar-refractivity contribution >= 4 is 27.4 Å². The van der Waals surface area contributed by atoms with E-state index in [-0.39, 0.29) is 0 Å². The molecule has 1 fully saturated rings. The molecule has 0 radical (unpaired) electrons. The molecule has 0 saturated carbocycles. The lowest BCUT2D eigenvalue weighted by molar-refractivity contribution is 0.372. The van der Waals surface area contributed by atoms with E-state index in [0.29, 0.717) is 43.0 Å². The van der Waals surface area contributed by atoms with E-state index in [1.165, 1.54) is 15.6 Å². The van der Waals surface area contributed by atoms with E-state index in [1.54, 1.807) is 12.1 Å². The fourth-order valence-electron chi connectivity index (χ4n) is 2.82. The molecule has 26 heavy (non-hydrogen) atoms. The number of hydrogen-bond donors (Lipinski definition) is 0. The van der Waals surface area contributed by atoms with Crippen LogP contribution in [0.25, 0.3) is 10.8 Å². The zero-order chi connectivity index (χ0) is 18.1. The maximum Gasteiger partial charge on any atom is 0.318 e. The van der Waals surface area contributed by atoms with Crippen molar-refractivity contribution in [3.8, 4) is 10.8 Å². The van der Waals surface area contributed by atoms with Crippen molar-refractivity contribution in [1.82, 2.24) is 14.5 Å². The van der Waals surface area contributed by atoms with E-state index in [0.717, 1.165) is 10.4 Å². The molecular weight excluding hydrogens is 372 g/mol. The van der Waals surface area contributed by atoms with Gasteiger partial charge in [-0.25, -0.2) is 8.42 Å². The van der Waals surface area contributed by atoms with Gasteiger partial charge in [0.2, 0.25) is 10.0 Å². The molecule has 0 spiro atoms. The Morgan fingerprint density at radius 1 is 1.04 bits per heavy atom. The Hall–Kier alpha value is -2.23. The first-order chi connectivity index (χ1) is 12.5. The average Bonchev–Trinajstić information content (AvgIpc) is 3.34. The largest absolute Gasteiger partial charge is 0.402 e. The summed E-state index contributed by atoms with van der Waals surface area (Å²) in [6.45, 7) is 3.72. The van der Waals surface area contributed by atoms with E-state index in [2.05, 4.69) is 10.2 Å². The second kappa shape index (κ2) is 6.82. The lowest BCUT2D eigenvalue weighted by Gasteiger charge is -2.32. The number of thiophene rings is 1. The van der Waals surface area contributed by atoms with E-state index < -0.39 is 10.0 Å². The SMILES string of the molecule is Cc1ccc(S(=O)(=O)N2CCN(c3nnc(-c4cccs4)o3)CC2)cc1. The minimum atomic E-state index is -3.47. The van der Waals surface area contributed by atoms with Gasteiger partial charge in [-0.05, 0) is 30.5 Å². The molecule has 0 unspecified atom stereocenters. The smallest absolute Gasteiger partial charge is 0.318 e. The van der Waals surface area contributed by atoms with Gasteiger partial charge in [0.05, 0.1) is 9.77 Å². The highest BCUT2D eigenvalue weighted by atomic mass is 32.2. The third kappa shape index (κ3) is 3.25. The highest BCUT2D eigenvalue weighted by Crippen LogP contribution is 2.27. The Morgan fingerprint density at radius 3 is 2.42 bits per heavy atom. The van der Waals surface area contributed by atoms with Crippen LogP contribution in [0, 0.1) is 6.92 Å². The molecule has 0 aliphatic carbocycles. The van der Waals surface area contributed by atoms with Crippen LogP contribution < -0.4 is 4.90 Å². The number of rotatable bonds is 4. The van der Waals surface area contributed by atoms with Gasteiger partial charge in [-0.3, -0.25) is 0 Å². The van der Waals surface area contributed by atoms with Crippen molar-refractivity contribution in [2.24, 2.45) is 0 Å². The van der Waals surface area contributed by atoms with Gasteiger partial charge in [-0.1, -0.05) is 28.9 Å². The minimum absolute atomic E-state index is 0.328. The van der Waals surface area contributed by atoms with Crippen LogP contribution in [0.2, 0.25) is 0 Å². The molecule has 136 valence electrons. The topological polar surface area (TPSA) is 79.5 Å². The summed E-state index contributed by atoms with van der Waals surface area (Å²) in [5.41, 5.74) is 1.03. The average molecular weight is 390 g/mol. The molecule has 1 saturated heterocycles. The predicted octanol–water partition coefficient (Wildman–Crippen LogP) is 2.62. The first-order valence-corrected chi connectivity index (χ1v) is 10.6. The van der Waals surface area contributed by atoms with Crippen molar-refractivity contribution in [2.45, 2.75) is 11.8 Å². The van der Waals surface area contributed by atoms with Crippen molar-refractivity contribution in [2.75, 3.05) is 31.1 Å². The Bertz CT molecular complexity index is 973. The molecule has 0 atom stereocenters. The fourth-order valence-corrected chi connectivity index (χ4v) is 4.89. The summed E-state index contributed by atoms with van der Waals surface area (Å²) in [7, 11) is -3.47. The standard InChI is InChI=1S/C17H18N4O3S2/c1-13-4-6-14(7-5-13)26(22,23)21-10-8-20(9-11-21)17-19-18-16(24-17)15-3-2-12-25-15/h2-7,12H,8-11H2,1H3. The molecule has 3 aromatic rings. The third-order valence-electron chi connectivity index (χ3n) is 4.31. The number of aryl methyl sites for hydroxylation is 1. The van der Waals surface area contributed by atoms with Crippen LogP contribution in [0.3, 0.4) is 0 Å². The maximum absolute atomic E-state index is 12.8. The van der Waals surface area contributed by atoms with Gasteiger partial charge >= 0.3 is 6.01 Å². The summed E-state index contributed by atoms with van der Waals surface area (Å²) < 4.78 is 32.8. The number of benzene rings is 1. The van der Waals surface area contributed by atoms with Crippen molar-refractivity contribution in [3.63, 3.8) is 0 Å². The van der Waals surface area contributed by atoms with E-state index >= 15 is 0 Å². The molecule has 0 N–H and O–H groups in total. The Balaban J connectivity index is 1.45. The van der Waals surface area contributed by atoms with Crippen molar-refractivity contribution < 1.29 is 12.8 Å². The number of anilines is 1. The van der Waals surface area contributed by atoms with Gasteiger partial charge in [0.1, 0.15) is 0 Å². The molecule has 1 aliphatic heterocycles. The van der Waals surface area contributed by atoms with Crippen molar-refractivity contribution in [1.29, 1.82) is 0 Å². The highest BCUT2D eigenvalue weighted by Gasteiger charge is 2.30. The van der Waals surface area contributed by atoms with Gasteiger partial charge in [-0.15, -0.1) is 16.4 Å². The normalized spacial score (nSPS) is 16.1. The molecule has 0 bridgehead atoms. The van der Waals surface area contributed by atoms with Gasteiger partial charge in [0.15, 0.2) is 0 Å².